The van der Waals surface area contributed by atoms with Gasteiger partial charge in [0.1, 0.15) is 0 Å². The molecule has 2 heteroatoms. The highest BCUT2D eigenvalue weighted by atomic mass is 14.9. The van der Waals surface area contributed by atoms with E-state index in [1.54, 1.807) is 0 Å². The van der Waals surface area contributed by atoms with Crippen molar-refractivity contribution in [3.8, 4) is 0 Å². The molecule has 0 radical (unpaired) electrons. The highest BCUT2D eigenvalue weighted by Gasteiger charge is 2.11. The maximum atomic E-state index is 4.94. The Morgan fingerprint density at radius 1 is 0.862 bits per heavy atom. The third-order valence-electron chi connectivity index (χ3n) is 4.95. The number of nitrogens with one attached hydrogen (secondary N) is 1. The minimum Gasteiger partial charge on any atom is -0.358 e. The molecule has 0 aliphatic heterocycles. The molecule has 0 unspecified atom stereocenters. The van der Waals surface area contributed by atoms with Crippen LogP contribution in [0.3, 0.4) is 0 Å². The van der Waals surface area contributed by atoms with Crippen LogP contribution in [0.2, 0.25) is 0 Å². The Morgan fingerprint density at radius 3 is 1.97 bits per heavy atom. The lowest BCUT2D eigenvalue weighted by Gasteiger charge is -2.18. The van der Waals surface area contributed by atoms with Gasteiger partial charge >= 0.3 is 0 Å². The number of para-hydroxylation sites is 2. The van der Waals surface area contributed by atoms with Crippen molar-refractivity contribution in [2.75, 3.05) is 5.32 Å². The first-order valence-electron chi connectivity index (χ1n) is 10.3. The SMILES string of the molecule is C=Cc1cccc(C(C)C)c1N=C(C)/C=C(/C)Nc1c(C=C)cccc1C(C)C. The Hall–Kier alpha value is -2.87. The summed E-state index contributed by atoms with van der Waals surface area (Å²) in [6, 6.07) is 12.6. The summed E-state index contributed by atoms with van der Waals surface area (Å²) in [5, 5.41) is 3.58. The quantitative estimate of drug-likeness (QED) is 0.453. The van der Waals surface area contributed by atoms with Gasteiger partial charge in [-0.2, -0.15) is 0 Å². The lowest BCUT2D eigenvalue weighted by molar-refractivity contribution is 0.866. The van der Waals surface area contributed by atoms with Gasteiger partial charge in [-0.25, -0.2) is 0 Å². The molecular weight excluding hydrogens is 352 g/mol. The number of benzene rings is 2. The molecule has 2 nitrogen and oxygen atoms in total. The van der Waals surface area contributed by atoms with Crippen LogP contribution >= 0.6 is 0 Å². The summed E-state index contributed by atoms with van der Waals surface area (Å²) < 4.78 is 0. The van der Waals surface area contributed by atoms with Gasteiger partial charge in [-0.05, 0) is 54.0 Å². The molecule has 0 aliphatic carbocycles. The van der Waals surface area contributed by atoms with Gasteiger partial charge < -0.3 is 5.32 Å². The van der Waals surface area contributed by atoms with Gasteiger partial charge in [0, 0.05) is 17.1 Å². The summed E-state index contributed by atoms with van der Waals surface area (Å²) in [7, 11) is 0. The minimum atomic E-state index is 0.401. The molecular formula is C27H34N2. The highest BCUT2D eigenvalue weighted by Crippen LogP contribution is 2.32. The zero-order valence-corrected chi connectivity index (χ0v) is 18.7. The van der Waals surface area contributed by atoms with Crippen molar-refractivity contribution in [2.45, 2.75) is 53.4 Å². The van der Waals surface area contributed by atoms with Crippen LogP contribution in [0.25, 0.3) is 12.2 Å². The molecule has 2 aromatic rings. The van der Waals surface area contributed by atoms with Crippen LogP contribution < -0.4 is 5.32 Å². The van der Waals surface area contributed by atoms with E-state index in [-0.39, 0.29) is 0 Å². The lowest BCUT2D eigenvalue weighted by atomic mass is 9.97. The summed E-state index contributed by atoms with van der Waals surface area (Å²) in [4.78, 5) is 4.94. The third kappa shape index (κ3) is 5.57. The van der Waals surface area contributed by atoms with Crippen molar-refractivity contribution in [1.82, 2.24) is 0 Å². The molecule has 1 N–H and O–H groups in total. The van der Waals surface area contributed by atoms with Crippen molar-refractivity contribution in [3.63, 3.8) is 0 Å². The van der Waals surface area contributed by atoms with Gasteiger partial charge in [0.25, 0.3) is 0 Å². The van der Waals surface area contributed by atoms with Gasteiger partial charge in [0.2, 0.25) is 0 Å². The van der Waals surface area contributed by atoms with E-state index in [2.05, 4.69) is 95.6 Å². The molecule has 0 aromatic heterocycles. The van der Waals surface area contributed by atoms with Crippen LogP contribution in [-0.4, -0.2) is 5.71 Å². The molecule has 0 fully saturated rings. The number of hydrogen-bond donors (Lipinski definition) is 1. The van der Waals surface area contributed by atoms with Gasteiger partial charge in [0.05, 0.1) is 5.69 Å². The van der Waals surface area contributed by atoms with E-state index >= 15 is 0 Å². The van der Waals surface area contributed by atoms with Gasteiger partial charge in [-0.3, -0.25) is 4.99 Å². The van der Waals surface area contributed by atoms with Crippen LogP contribution in [-0.2, 0) is 0 Å². The number of allylic oxidation sites excluding steroid dienone is 2. The van der Waals surface area contributed by atoms with Crippen LogP contribution in [0.5, 0.6) is 0 Å². The number of rotatable bonds is 8. The monoisotopic (exact) mass is 386 g/mol. The number of aliphatic imine (C=N–C) groups is 1. The average Bonchev–Trinajstić information content (AvgIpc) is 2.67. The Labute approximate surface area is 176 Å². The van der Waals surface area contributed by atoms with Crippen LogP contribution in [0.15, 0.2) is 66.3 Å². The smallest absolute Gasteiger partial charge is 0.0739 e. The fourth-order valence-electron chi connectivity index (χ4n) is 3.48. The molecule has 0 saturated heterocycles. The Bertz CT molecular complexity index is 943. The maximum absolute atomic E-state index is 4.94. The van der Waals surface area contributed by atoms with Crippen LogP contribution in [0.1, 0.15) is 75.6 Å². The zero-order valence-electron chi connectivity index (χ0n) is 18.7. The van der Waals surface area contributed by atoms with Crippen LogP contribution in [0.4, 0.5) is 11.4 Å². The van der Waals surface area contributed by atoms with E-state index in [9.17, 15) is 0 Å². The van der Waals surface area contributed by atoms with Crippen LogP contribution in [0, 0.1) is 0 Å². The molecule has 2 aromatic carbocycles. The number of nitrogens with zero attached hydrogens (tertiary/aromatic N) is 1. The fourth-order valence-corrected chi connectivity index (χ4v) is 3.48. The summed E-state index contributed by atoms with van der Waals surface area (Å²) in [6.45, 7) is 20.8. The van der Waals surface area contributed by atoms with E-state index in [1.807, 2.05) is 19.1 Å². The lowest BCUT2D eigenvalue weighted by Crippen LogP contribution is -2.04. The molecule has 0 amide bonds. The minimum absolute atomic E-state index is 0.401. The second kappa shape index (κ2) is 10.1. The van der Waals surface area contributed by atoms with Crippen molar-refractivity contribution >= 4 is 29.2 Å². The first kappa shape index (κ1) is 22.4. The molecule has 152 valence electrons. The standard InChI is InChI=1S/C27H34N2/c1-9-22-13-11-15-24(18(3)4)26(22)28-20(7)17-21(8)29-27-23(10-2)14-12-16-25(27)19(5)6/h9-19,28H,1-2H2,3-8H3/b20-17-,29-21?. The van der Waals surface area contributed by atoms with E-state index < -0.39 is 0 Å². The second-order valence-electron chi connectivity index (χ2n) is 8.02. The van der Waals surface area contributed by atoms with Gasteiger partial charge in [-0.1, -0.05) is 89.4 Å². The Balaban J connectivity index is 2.42. The summed E-state index contributed by atoms with van der Waals surface area (Å²) in [6.07, 6.45) is 5.87. The van der Waals surface area contributed by atoms with Crippen molar-refractivity contribution in [1.29, 1.82) is 0 Å². The first-order valence-corrected chi connectivity index (χ1v) is 10.3. The molecule has 29 heavy (non-hydrogen) atoms. The summed E-state index contributed by atoms with van der Waals surface area (Å²) in [5.74, 6) is 0.825. The van der Waals surface area contributed by atoms with Crippen molar-refractivity contribution < 1.29 is 0 Å². The van der Waals surface area contributed by atoms with E-state index in [4.69, 9.17) is 4.99 Å². The molecule has 0 saturated carbocycles. The van der Waals surface area contributed by atoms with E-state index in [0.29, 0.717) is 11.8 Å². The summed E-state index contributed by atoms with van der Waals surface area (Å²) in [5.41, 5.74) is 8.81. The van der Waals surface area contributed by atoms with E-state index in [0.717, 1.165) is 33.9 Å². The van der Waals surface area contributed by atoms with Gasteiger partial charge in [-0.15, -0.1) is 0 Å². The summed E-state index contributed by atoms with van der Waals surface area (Å²) >= 11 is 0. The molecule has 0 atom stereocenters. The molecule has 0 aliphatic rings. The second-order valence-corrected chi connectivity index (χ2v) is 8.02. The topological polar surface area (TPSA) is 24.4 Å². The third-order valence-corrected chi connectivity index (χ3v) is 4.95. The first-order chi connectivity index (χ1) is 13.8. The average molecular weight is 387 g/mol. The highest BCUT2D eigenvalue weighted by molar-refractivity contribution is 5.96. The fraction of sp³-hybridized carbons (Fsp3) is 0.296. The molecule has 0 heterocycles. The molecule has 0 spiro atoms. The van der Waals surface area contributed by atoms with Crippen molar-refractivity contribution in [3.05, 3.63) is 83.6 Å². The zero-order chi connectivity index (χ0) is 21.6. The Kier molecular flexibility index (Phi) is 7.78. The van der Waals surface area contributed by atoms with Crippen molar-refractivity contribution in [2.24, 2.45) is 4.99 Å². The molecule has 0 bridgehead atoms. The number of anilines is 1. The van der Waals surface area contributed by atoms with Gasteiger partial charge in [0.15, 0.2) is 0 Å². The predicted octanol–water partition coefficient (Wildman–Crippen LogP) is 8.33. The predicted molar refractivity (Wildman–Crippen MR) is 131 cm³/mol. The van der Waals surface area contributed by atoms with E-state index in [1.165, 1.54) is 11.1 Å². The normalized spacial score (nSPS) is 12.4. The number of hydrogen-bond acceptors (Lipinski definition) is 2. The Morgan fingerprint density at radius 2 is 1.41 bits per heavy atom. The maximum Gasteiger partial charge on any atom is 0.0739 e. The largest absolute Gasteiger partial charge is 0.358 e. The molecule has 2 rings (SSSR count).